The van der Waals surface area contributed by atoms with E-state index in [2.05, 4.69) is 31.2 Å². The molecule has 4 aromatic rings. The van der Waals surface area contributed by atoms with E-state index in [0.717, 1.165) is 45.3 Å². The molecular weight excluding hydrogens is 522 g/mol. The first kappa shape index (κ1) is 27.1. The van der Waals surface area contributed by atoms with Crippen LogP contribution in [-0.2, 0) is 4.79 Å². The maximum Gasteiger partial charge on any atom is 0.335 e. The van der Waals surface area contributed by atoms with Crippen LogP contribution in [0.25, 0.3) is 5.69 Å². The number of hydrogen-bond acceptors (Lipinski definition) is 4. The molecule has 1 aliphatic rings. The van der Waals surface area contributed by atoms with Crippen molar-refractivity contribution in [1.29, 1.82) is 0 Å². The second-order valence-electron chi connectivity index (χ2n) is 9.91. The molecule has 9 heteroatoms. The van der Waals surface area contributed by atoms with E-state index in [1.54, 1.807) is 24.4 Å². The molecule has 5 rings (SSSR count). The number of thiocarbonyl (C=S) groups is 1. The number of nitrogens with zero attached hydrogens (tertiary/aromatic N) is 3. The number of benzene rings is 2. The summed E-state index contributed by atoms with van der Waals surface area (Å²) in [4.78, 5) is 30.4. The van der Waals surface area contributed by atoms with E-state index < -0.39 is 5.97 Å². The second kappa shape index (κ2) is 10.9. The molecule has 0 radical (unpaired) electrons. The molecule has 1 amide bonds. The van der Waals surface area contributed by atoms with Crippen LogP contribution < -0.4 is 15.5 Å². The lowest BCUT2D eigenvalue weighted by atomic mass is 9.96. The number of anilines is 2. The molecule has 2 aromatic carbocycles. The second-order valence-corrected chi connectivity index (χ2v) is 10.3. The molecule has 0 aliphatic carbocycles. The van der Waals surface area contributed by atoms with E-state index in [0.29, 0.717) is 11.5 Å². The SMILES string of the molecule is CCC(=O)Nc1ccc(N2C(=S)NC(c3ccccn3)C2c2cc(C)n(-c3cccc(C(=O)O)c3)c2C)cc1C. The number of rotatable bonds is 7. The van der Waals surface area contributed by atoms with Crippen LogP contribution in [0.5, 0.6) is 0 Å². The lowest BCUT2D eigenvalue weighted by molar-refractivity contribution is -0.115. The van der Waals surface area contributed by atoms with Crippen molar-refractivity contribution in [3.8, 4) is 5.69 Å². The van der Waals surface area contributed by atoms with E-state index in [9.17, 15) is 14.7 Å². The van der Waals surface area contributed by atoms with Crippen LogP contribution in [0.4, 0.5) is 11.4 Å². The minimum atomic E-state index is -0.967. The number of aromatic carboxylic acids is 1. The lowest BCUT2D eigenvalue weighted by Gasteiger charge is -2.29. The molecule has 0 bridgehead atoms. The Hall–Kier alpha value is -4.50. The quantitative estimate of drug-likeness (QED) is 0.241. The minimum Gasteiger partial charge on any atom is -0.478 e. The van der Waals surface area contributed by atoms with Gasteiger partial charge in [-0.2, -0.15) is 0 Å². The largest absolute Gasteiger partial charge is 0.478 e. The third kappa shape index (κ3) is 4.96. The van der Waals surface area contributed by atoms with Gasteiger partial charge in [-0.15, -0.1) is 0 Å². The Kier molecular flexibility index (Phi) is 7.40. The summed E-state index contributed by atoms with van der Waals surface area (Å²) in [5.41, 5.74) is 7.45. The predicted octanol–water partition coefficient (Wildman–Crippen LogP) is 6.02. The third-order valence-electron chi connectivity index (χ3n) is 7.32. The third-order valence-corrected chi connectivity index (χ3v) is 7.64. The van der Waals surface area contributed by atoms with Crippen LogP contribution in [0.2, 0.25) is 0 Å². The maximum atomic E-state index is 12.0. The van der Waals surface area contributed by atoms with Crippen LogP contribution >= 0.6 is 12.2 Å². The molecule has 3 heterocycles. The number of carbonyl (C=O) groups excluding carboxylic acids is 1. The topological polar surface area (TPSA) is 99.5 Å². The zero-order valence-corrected chi connectivity index (χ0v) is 23.6. The fraction of sp³-hybridized carbons (Fsp3) is 0.226. The molecular formula is C31H31N5O3S. The fourth-order valence-corrected chi connectivity index (χ4v) is 5.73. The van der Waals surface area contributed by atoms with Gasteiger partial charge in [0, 0.05) is 41.1 Å². The highest BCUT2D eigenvalue weighted by Gasteiger charge is 2.42. The van der Waals surface area contributed by atoms with Gasteiger partial charge in [0.1, 0.15) is 0 Å². The molecule has 3 N–H and O–H groups in total. The summed E-state index contributed by atoms with van der Waals surface area (Å²) in [5, 5.41) is 16.6. The Bertz CT molecular complexity index is 1610. The Balaban J connectivity index is 1.64. The molecule has 0 saturated carbocycles. The number of carboxylic acids is 1. The van der Waals surface area contributed by atoms with Gasteiger partial charge in [-0.05, 0) is 98.7 Å². The van der Waals surface area contributed by atoms with Crippen LogP contribution in [0.3, 0.4) is 0 Å². The van der Waals surface area contributed by atoms with Gasteiger partial charge in [-0.3, -0.25) is 9.78 Å². The minimum absolute atomic E-state index is 0.0401. The summed E-state index contributed by atoms with van der Waals surface area (Å²) >= 11 is 5.91. The predicted molar refractivity (Wildman–Crippen MR) is 160 cm³/mol. The number of aryl methyl sites for hydroxylation is 2. The molecule has 1 aliphatic heterocycles. The van der Waals surface area contributed by atoms with Crippen molar-refractivity contribution >= 4 is 40.6 Å². The lowest BCUT2D eigenvalue weighted by Crippen LogP contribution is -2.29. The van der Waals surface area contributed by atoms with Gasteiger partial charge in [0.2, 0.25) is 5.91 Å². The van der Waals surface area contributed by atoms with Crippen LogP contribution in [-0.4, -0.2) is 31.6 Å². The highest BCUT2D eigenvalue weighted by Crippen LogP contribution is 2.44. The molecule has 1 fully saturated rings. The molecule has 2 aromatic heterocycles. The van der Waals surface area contributed by atoms with Gasteiger partial charge in [-0.25, -0.2) is 4.79 Å². The average molecular weight is 554 g/mol. The number of hydrogen-bond donors (Lipinski definition) is 3. The first-order valence-corrected chi connectivity index (χ1v) is 13.5. The summed E-state index contributed by atoms with van der Waals surface area (Å²) in [6.45, 7) is 7.84. The first-order valence-electron chi connectivity index (χ1n) is 13.1. The Morgan fingerprint density at radius 3 is 2.50 bits per heavy atom. The van der Waals surface area contributed by atoms with E-state index in [1.807, 2.05) is 70.2 Å². The molecule has 0 spiro atoms. The molecule has 2 atom stereocenters. The van der Waals surface area contributed by atoms with Crippen LogP contribution in [0.1, 0.15) is 64.0 Å². The molecule has 204 valence electrons. The summed E-state index contributed by atoms with van der Waals surface area (Å²) in [7, 11) is 0. The van der Waals surface area contributed by atoms with E-state index in [-0.39, 0.29) is 23.6 Å². The van der Waals surface area contributed by atoms with Gasteiger partial charge in [-0.1, -0.05) is 19.1 Å². The van der Waals surface area contributed by atoms with Gasteiger partial charge >= 0.3 is 5.97 Å². The molecule has 8 nitrogen and oxygen atoms in total. The van der Waals surface area contributed by atoms with E-state index in [1.165, 1.54) is 0 Å². The standard InChI is InChI=1S/C31H31N5O3S/c1-5-27(37)33-25-13-12-23(15-18(25)2)36-29(28(34-31(36)40)26-11-6-7-14-32-26)24-16-19(3)35(20(24)4)22-10-8-9-21(17-22)30(38)39/h6-17,28-29H,5H2,1-4H3,(H,33,37)(H,34,40)(H,38,39). The van der Waals surface area contributed by atoms with Crippen molar-refractivity contribution < 1.29 is 14.7 Å². The van der Waals surface area contributed by atoms with Crippen LogP contribution in [0, 0.1) is 20.8 Å². The molecule has 1 saturated heterocycles. The maximum absolute atomic E-state index is 12.0. The average Bonchev–Trinajstić information content (AvgIpc) is 3.44. The zero-order chi connectivity index (χ0) is 28.6. The Morgan fingerprint density at radius 2 is 1.82 bits per heavy atom. The van der Waals surface area contributed by atoms with Gasteiger partial charge in [0.05, 0.1) is 23.3 Å². The van der Waals surface area contributed by atoms with Crippen molar-refractivity contribution in [2.75, 3.05) is 10.2 Å². The number of nitrogens with one attached hydrogen (secondary N) is 2. The van der Waals surface area contributed by atoms with Crippen molar-refractivity contribution in [1.82, 2.24) is 14.9 Å². The highest BCUT2D eigenvalue weighted by molar-refractivity contribution is 7.80. The highest BCUT2D eigenvalue weighted by atomic mass is 32.1. The van der Waals surface area contributed by atoms with Crippen molar-refractivity contribution in [3.05, 3.63) is 107 Å². The van der Waals surface area contributed by atoms with Gasteiger partial charge < -0.3 is 25.2 Å². The summed E-state index contributed by atoms with van der Waals surface area (Å²) < 4.78 is 2.07. The first-order chi connectivity index (χ1) is 19.2. The number of pyridine rings is 1. The van der Waals surface area contributed by atoms with Crippen molar-refractivity contribution in [2.24, 2.45) is 0 Å². The number of carboxylic acid groups (broad SMARTS) is 1. The zero-order valence-electron chi connectivity index (χ0n) is 22.8. The summed E-state index contributed by atoms with van der Waals surface area (Å²) in [5.74, 6) is -1.01. The van der Waals surface area contributed by atoms with E-state index in [4.69, 9.17) is 12.2 Å². The number of carbonyl (C=O) groups is 2. The van der Waals surface area contributed by atoms with Crippen LogP contribution in [0.15, 0.2) is 72.9 Å². The fourth-order valence-electron chi connectivity index (χ4n) is 5.39. The van der Waals surface area contributed by atoms with E-state index >= 15 is 0 Å². The summed E-state index contributed by atoms with van der Waals surface area (Å²) in [6, 6.07) is 20.4. The van der Waals surface area contributed by atoms with Crippen molar-refractivity contribution in [2.45, 2.75) is 46.2 Å². The smallest absolute Gasteiger partial charge is 0.335 e. The molecule has 2 unspecified atom stereocenters. The Labute approximate surface area is 238 Å². The molecule has 40 heavy (non-hydrogen) atoms. The van der Waals surface area contributed by atoms with Crippen molar-refractivity contribution in [3.63, 3.8) is 0 Å². The Morgan fingerprint density at radius 1 is 1.02 bits per heavy atom. The normalized spacial score (nSPS) is 16.6. The number of aromatic nitrogens is 2. The summed E-state index contributed by atoms with van der Waals surface area (Å²) in [6.07, 6.45) is 2.18. The van der Waals surface area contributed by atoms with Gasteiger partial charge in [0.25, 0.3) is 0 Å². The monoisotopic (exact) mass is 553 g/mol. The van der Waals surface area contributed by atoms with Gasteiger partial charge in [0.15, 0.2) is 5.11 Å². The number of amides is 1.